The van der Waals surface area contributed by atoms with Crippen LogP contribution in [0.1, 0.15) is 11.1 Å². The van der Waals surface area contributed by atoms with Crippen LogP contribution in [0.15, 0.2) is 53.6 Å². The van der Waals surface area contributed by atoms with Gasteiger partial charge in [0.25, 0.3) is 0 Å². The first-order valence-electron chi connectivity index (χ1n) is 5.91. The molecular weight excluding hydrogens is 240 g/mol. The van der Waals surface area contributed by atoms with Crippen molar-refractivity contribution in [2.45, 2.75) is 6.61 Å². The fourth-order valence-corrected chi connectivity index (χ4v) is 1.72. The van der Waals surface area contributed by atoms with E-state index in [1.54, 1.807) is 7.11 Å². The van der Waals surface area contributed by atoms with Crippen molar-refractivity contribution < 1.29 is 9.47 Å². The van der Waals surface area contributed by atoms with E-state index in [0.29, 0.717) is 12.4 Å². The molecule has 0 radical (unpaired) electrons. The number of methoxy groups -OCH3 is 1. The minimum Gasteiger partial charge on any atom is -0.496 e. The Balaban J connectivity index is 2.11. The van der Waals surface area contributed by atoms with Gasteiger partial charge in [0.2, 0.25) is 0 Å². The molecule has 4 nitrogen and oxygen atoms in total. The van der Waals surface area contributed by atoms with Gasteiger partial charge in [-0.25, -0.2) is 0 Å². The second-order valence-corrected chi connectivity index (χ2v) is 3.96. The van der Waals surface area contributed by atoms with E-state index in [-0.39, 0.29) is 0 Å². The molecule has 0 saturated carbocycles. The first-order valence-corrected chi connectivity index (χ1v) is 5.91. The summed E-state index contributed by atoms with van der Waals surface area (Å²) < 4.78 is 10.9. The van der Waals surface area contributed by atoms with Gasteiger partial charge in [-0.15, -0.1) is 0 Å². The second kappa shape index (κ2) is 6.44. The SMILES string of the molecule is COc1ccc(OCc2ccccc2)cc1C=NN. The summed E-state index contributed by atoms with van der Waals surface area (Å²) in [7, 11) is 1.60. The number of ether oxygens (including phenoxy) is 2. The Labute approximate surface area is 112 Å². The highest BCUT2D eigenvalue weighted by molar-refractivity contribution is 5.84. The molecule has 98 valence electrons. The molecule has 0 amide bonds. The van der Waals surface area contributed by atoms with Crippen LogP contribution < -0.4 is 15.3 Å². The standard InChI is InChI=1S/C15H16N2O2/c1-18-15-8-7-14(9-13(15)10-17-16)19-11-12-5-3-2-4-6-12/h2-10H,11,16H2,1H3. The largest absolute Gasteiger partial charge is 0.496 e. The Morgan fingerprint density at radius 2 is 1.95 bits per heavy atom. The third kappa shape index (κ3) is 3.48. The van der Waals surface area contributed by atoms with Crippen molar-refractivity contribution >= 4 is 6.21 Å². The van der Waals surface area contributed by atoms with Gasteiger partial charge in [0.15, 0.2) is 0 Å². The highest BCUT2D eigenvalue weighted by atomic mass is 16.5. The highest BCUT2D eigenvalue weighted by Crippen LogP contribution is 2.23. The van der Waals surface area contributed by atoms with E-state index in [2.05, 4.69) is 5.10 Å². The Bertz CT molecular complexity index is 553. The number of benzene rings is 2. The molecule has 0 fully saturated rings. The molecular formula is C15H16N2O2. The van der Waals surface area contributed by atoms with E-state index < -0.39 is 0 Å². The van der Waals surface area contributed by atoms with Gasteiger partial charge < -0.3 is 15.3 Å². The number of hydrazone groups is 1. The van der Waals surface area contributed by atoms with Crippen LogP contribution in [-0.2, 0) is 6.61 Å². The first-order chi connectivity index (χ1) is 9.33. The maximum absolute atomic E-state index is 5.72. The van der Waals surface area contributed by atoms with E-state index in [9.17, 15) is 0 Å². The third-order valence-electron chi connectivity index (χ3n) is 2.66. The molecule has 19 heavy (non-hydrogen) atoms. The van der Waals surface area contributed by atoms with Crippen LogP contribution in [0.3, 0.4) is 0 Å². The average molecular weight is 256 g/mol. The normalized spacial score (nSPS) is 10.6. The smallest absolute Gasteiger partial charge is 0.127 e. The Hall–Kier alpha value is -2.49. The molecule has 4 heteroatoms. The van der Waals surface area contributed by atoms with Crippen LogP contribution in [0.5, 0.6) is 11.5 Å². The molecule has 2 rings (SSSR count). The molecule has 2 aromatic carbocycles. The van der Waals surface area contributed by atoms with Crippen molar-refractivity contribution in [1.82, 2.24) is 0 Å². The number of nitrogens with zero attached hydrogens (tertiary/aromatic N) is 1. The zero-order valence-electron chi connectivity index (χ0n) is 10.7. The van der Waals surface area contributed by atoms with Gasteiger partial charge in [0, 0.05) is 5.56 Å². The number of nitrogens with two attached hydrogens (primary N) is 1. The van der Waals surface area contributed by atoms with E-state index in [1.165, 1.54) is 6.21 Å². The van der Waals surface area contributed by atoms with Crippen LogP contribution in [0.4, 0.5) is 0 Å². The molecule has 0 aliphatic rings. The highest BCUT2D eigenvalue weighted by Gasteiger charge is 2.03. The van der Waals surface area contributed by atoms with Crippen molar-refractivity contribution in [3.05, 3.63) is 59.7 Å². The molecule has 0 unspecified atom stereocenters. The second-order valence-electron chi connectivity index (χ2n) is 3.96. The Morgan fingerprint density at radius 1 is 1.16 bits per heavy atom. The van der Waals surface area contributed by atoms with Crippen LogP contribution >= 0.6 is 0 Å². The summed E-state index contributed by atoms with van der Waals surface area (Å²) in [5, 5.41) is 3.51. The first kappa shape index (κ1) is 13.0. The van der Waals surface area contributed by atoms with Crippen LogP contribution in [-0.4, -0.2) is 13.3 Å². The average Bonchev–Trinajstić information content (AvgIpc) is 2.47. The maximum Gasteiger partial charge on any atom is 0.127 e. The fourth-order valence-electron chi connectivity index (χ4n) is 1.72. The summed E-state index contributed by atoms with van der Waals surface area (Å²) in [5.74, 6) is 6.63. The van der Waals surface area contributed by atoms with Crippen LogP contribution in [0.25, 0.3) is 0 Å². The van der Waals surface area contributed by atoms with Crippen LogP contribution in [0.2, 0.25) is 0 Å². The molecule has 0 atom stereocenters. The Morgan fingerprint density at radius 3 is 2.63 bits per heavy atom. The van der Waals surface area contributed by atoms with Gasteiger partial charge in [-0.05, 0) is 23.8 Å². The van der Waals surface area contributed by atoms with Crippen molar-refractivity contribution in [3.8, 4) is 11.5 Å². The van der Waals surface area contributed by atoms with E-state index >= 15 is 0 Å². The van der Waals surface area contributed by atoms with Gasteiger partial charge in [-0.3, -0.25) is 0 Å². The van der Waals surface area contributed by atoms with E-state index in [4.69, 9.17) is 15.3 Å². The zero-order valence-corrected chi connectivity index (χ0v) is 10.7. The lowest BCUT2D eigenvalue weighted by Gasteiger charge is -2.09. The van der Waals surface area contributed by atoms with Crippen molar-refractivity contribution in [1.29, 1.82) is 0 Å². The lowest BCUT2D eigenvalue weighted by atomic mass is 10.2. The lowest BCUT2D eigenvalue weighted by molar-refractivity contribution is 0.305. The summed E-state index contributed by atoms with van der Waals surface area (Å²) >= 11 is 0. The molecule has 0 heterocycles. The van der Waals surface area contributed by atoms with Crippen molar-refractivity contribution in [2.24, 2.45) is 10.9 Å². The van der Waals surface area contributed by atoms with E-state index in [1.807, 2.05) is 48.5 Å². The van der Waals surface area contributed by atoms with Gasteiger partial charge in [0.1, 0.15) is 18.1 Å². The minimum absolute atomic E-state index is 0.520. The number of hydrogen-bond acceptors (Lipinski definition) is 4. The molecule has 0 saturated heterocycles. The van der Waals surface area contributed by atoms with Crippen LogP contribution in [0, 0.1) is 0 Å². The predicted molar refractivity (Wildman–Crippen MR) is 75.5 cm³/mol. The van der Waals surface area contributed by atoms with Gasteiger partial charge >= 0.3 is 0 Å². The molecule has 0 aliphatic carbocycles. The van der Waals surface area contributed by atoms with Gasteiger partial charge in [-0.2, -0.15) is 5.10 Å². The summed E-state index contributed by atoms with van der Waals surface area (Å²) in [4.78, 5) is 0. The molecule has 2 N–H and O–H groups in total. The quantitative estimate of drug-likeness (QED) is 0.508. The zero-order chi connectivity index (χ0) is 13.5. The monoisotopic (exact) mass is 256 g/mol. The van der Waals surface area contributed by atoms with Gasteiger partial charge in [0.05, 0.1) is 13.3 Å². The van der Waals surface area contributed by atoms with Gasteiger partial charge in [-0.1, -0.05) is 30.3 Å². The number of rotatable bonds is 5. The minimum atomic E-state index is 0.520. The van der Waals surface area contributed by atoms with Crippen molar-refractivity contribution in [3.63, 3.8) is 0 Å². The topological polar surface area (TPSA) is 56.8 Å². The Kier molecular flexibility index (Phi) is 4.39. The maximum atomic E-state index is 5.72. The summed E-state index contributed by atoms with van der Waals surface area (Å²) in [6.45, 7) is 0.520. The molecule has 0 aromatic heterocycles. The van der Waals surface area contributed by atoms with Crippen molar-refractivity contribution in [2.75, 3.05) is 7.11 Å². The fraction of sp³-hybridized carbons (Fsp3) is 0.133. The third-order valence-corrected chi connectivity index (χ3v) is 2.66. The summed E-state index contributed by atoms with van der Waals surface area (Å²) in [6.07, 6.45) is 1.54. The summed E-state index contributed by atoms with van der Waals surface area (Å²) in [5.41, 5.74) is 1.91. The molecule has 0 bridgehead atoms. The van der Waals surface area contributed by atoms with E-state index in [0.717, 1.165) is 16.9 Å². The molecule has 0 spiro atoms. The molecule has 0 aliphatic heterocycles. The predicted octanol–water partition coefficient (Wildman–Crippen LogP) is 2.57. The lowest BCUT2D eigenvalue weighted by Crippen LogP contribution is -1.98. The number of hydrogen-bond donors (Lipinski definition) is 1. The molecule has 2 aromatic rings. The summed E-state index contributed by atoms with van der Waals surface area (Å²) in [6, 6.07) is 15.5.